The van der Waals surface area contributed by atoms with Crippen molar-refractivity contribution in [1.82, 2.24) is 5.01 Å². The highest BCUT2D eigenvalue weighted by atomic mass is 35.5. The summed E-state index contributed by atoms with van der Waals surface area (Å²) in [5.74, 6) is 13.9. The van der Waals surface area contributed by atoms with Gasteiger partial charge in [-0.05, 0) is 69.2 Å². The number of nitrogens with zero attached hydrogens (tertiary/aromatic N) is 1. The van der Waals surface area contributed by atoms with E-state index in [1.54, 1.807) is 7.11 Å². The predicted molar refractivity (Wildman–Crippen MR) is 131 cm³/mol. The lowest BCUT2D eigenvalue weighted by molar-refractivity contribution is 0.0420. The van der Waals surface area contributed by atoms with Gasteiger partial charge in [0, 0.05) is 6.54 Å². The fourth-order valence-electron chi connectivity index (χ4n) is 4.41. The van der Waals surface area contributed by atoms with Crippen molar-refractivity contribution in [2.45, 2.75) is 57.4 Å². The van der Waals surface area contributed by atoms with Gasteiger partial charge < -0.3 is 4.74 Å². The van der Waals surface area contributed by atoms with Crippen LogP contribution >= 0.6 is 24.8 Å². The molecule has 1 aliphatic rings. The Morgan fingerprint density at radius 3 is 2.40 bits per heavy atom. The summed E-state index contributed by atoms with van der Waals surface area (Å²) in [6.45, 7) is 7.13. The highest BCUT2D eigenvalue weighted by Crippen LogP contribution is 2.41. The maximum absolute atomic E-state index is 6.63. The van der Waals surface area contributed by atoms with Crippen molar-refractivity contribution in [3.8, 4) is 17.6 Å². The van der Waals surface area contributed by atoms with Crippen LogP contribution in [0.15, 0.2) is 48.5 Å². The van der Waals surface area contributed by atoms with Crippen molar-refractivity contribution in [1.29, 1.82) is 0 Å². The standard InChI is InChI=1S/C25H32N2O.2ClH/c1-5-15-24(2,3)22-13-14-23(28-4)20(18-22)19-25(16-9-10-17-27(25)26)21-11-7-6-8-12-21;;/h6-8,11-14,18H,9-10,16-17,19,26H2,1-4H3;2*1H. The molecular weight excluding hydrogens is 415 g/mol. The molecule has 0 saturated carbocycles. The molecule has 0 aromatic heterocycles. The van der Waals surface area contributed by atoms with Crippen LogP contribution in [0.25, 0.3) is 0 Å². The summed E-state index contributed by atoms with van der Waals surface area (Å²) in [5.41, 5.74) is 3.25. The number of piperidine rings is 1. The Balaban J connectivity index is 0.00000225. The maximum Gasteiger partial charge on any atom is 0.122 e. The minimum Gasteiger partial charge on any atom is -0.496 e. The summed E-state index contributed by atoms with van der Waals surface area (Å²) < 4.78 is 5.74. The second-order valence-corrected chi connectivity index (χ2v) is 8.25. The van der Waals surface area contributed by atoms with Crippen LogP contribution in [-0.4, -0.2) is 18.7 Å². The SMILES string of the molecule is CC#CC(C)(C)c1ccc(OC)c(CC2(c3ccccc3)CCCCN2N)c1.Cl.Cl. The lowest BCUT2D eigenvalue weighted by Gasteiger charge is -2.45. The zero-order valence-electron chi connectivity index (χ0n) is 18.4. The van der Waals surface area contributed by atoms with Gasteiger partial charge in [0.05, 0.1) is 18.1 Å². The smallest absolute Gasteiger partial charge is 0.122 e. The molecule has 1 saturated heterocycles. The minimum atomic E-state index is -0.216. The summed E-state index contributed by atoms with van der Waals surface area (Å²) in [6, 6.07) is 17.1. The number of hydrazine groups is 1. The van der Waals surface area contributed by atoms with Gasteiger partial charge >= 0.3 is 0 Å². The molecule has 2 aromatic rings. The number of rotatable bonds is 5. The Bertz CT molecular complexity index is 874. The normalized spacial score (nSPS) is 19.0. The molecule has 0 spiro atoms. The third kappa shape index (κ3) is 5.31. The van der Waals surface area contributed by atoms with Gasteiger partial charge in [-0.25, -0.2) is 5.01 Å². The molecular formula is C25H34Cl2N2O. The lowest BCUT2D eigenvalue weighted by Crippen LogP contribution is -2.54. The Hall–Kier alpha value is -1.70. The lowest BCUT2D eigenvalue weighted by atomic mass is 9.75. The first-order valence-electron chi connectivity index (χ1n) is 10.1. The molecule has 1 aliphatic heterocycles. The Kier molecular flexibility index (Phi) is 9.72. The Labute approximate surface area is 194 Å². The quantitative estimate of drug-likeness (QED) is 0.475. The second kappa shape index (κ2) is 11.1. The van der Waals surface area contributed by atoms with E-state index < -0.39 is 0 Å². The summed E-state index contributed by atoms with van der Waals surface area (Å²) >= 11 is 0. The zero-order chi connectivity index (χ0) is 20.2. The van der Waals surface area contributed by atoms with E-state index in [0.29, 0.717) is 0 Å². The van der Waals surface area contributed by atoms with Crippen LogP contribution in [0.1, 0.15) is 56.7 Å². The topological polar surface area (TPSA) is 38.5 Å². The summed E-state index contributed by atoms with van der Waals surface area (Å²) in [6.07, 6.45) is 4.18. The van der Waals surface area contributed by atoms with Crippen molar-refractivity contribution in [2.75, 3.05) is 13.7 Å². The van der Waals surface area contributed by atoms with E-state index in [-0.39, 0.29) is 35.8 Å². The van der Waals surface area contributed by atoms with Gasteiger partial charge in [0.15, 0.2) is 0 Å². The third-order valence-electron chi connectivity index (χ3n) is 6.02. The van der Waals surface area contributed by atoms with Crippen molar-refractivity contribution < 1.29 is 4.74 Å². The molecule has 0 amide bonds. The molecule has 0 aliphatic carbocycles. The number of nitrogens with two attached hydrogens (primary N) is 1. The first-order valence-corrected chi connectivity index (χ1v) is 10.1. The van der Waals surface area contributed by atoms with Gasteiger partial charge in [-0.15, -0.1) is 30.7 Å². The molecule has 1 atom stereocenters. The highest BCUT2D eigenvalue weighted by Gasteiger charge is 2.40. The van der Waals surface area contributed by atoms with Crippen molar-refractivity contribution >= 4 is 24.8 Å². The fourth-order valence-corrected chi connectivity index (χ4v) is 4.41. The van der Waals surface area contributed by atoms with Gasteiger partial charge in [-0.1, -0.05) is 48.4 Å². The number of hydrogen-bond donors (Lipinski definition) is 1. The van der Waals surface area contributed by atoms with E-state index in [9.17, 15) is 0 Å². The largest absolute Gasteiger partial charge is 0.496 e. The molecule has 1 heterocycles. The molecule has 164 valence electrons. The van der Waals surface area contributed by atoms with Crippen molar-refractivity contribution in [3.63, 3.8) is 0 Å². The molecule has 1 fully saturated rings. The van der Waals surface area contributed by atoms with Gasteiger partial charge in [0.25, 0.3) is 0 Å². The zero-order valence-corrected chi connectivity index (χ0v) is 20.0. The minimum absolute atomic E-state index is 0. The Morgan fingerprint density at radius 1 is 1.10 bits per heavy atom. The van der Waals surface area contributed by atoms with Crippen LogP contribution in [0.2, 0.25) is 0 Å². The highest BCUT2D eigenvalue weighted by molar-refractivity contribution is 5.85. The van der Waals surface area contributed by atoms with Crippen LogP contribution in [0.3, 0.4) is 0 Å². The van der Waals surface area contributed by atoms with E-state index in [4.69, 9.17) is 10.6 Å². The van der Waals surface area contributed by atoms with E-state index in [2.05, 4.69) is 79.2 Å². The molecule has 0 radical (unpaired) electrons. The monoisotopic (exact) mass is 448 g/mol. The second-order valence-electron chi connectivity index (χ2n) is 8.25. The van der Waals surface area contributed by atoms with Crippen LogP contribution in [-0.2, 0) is 17.4 Å². The molecule has 2 aromatic carbocycles. The molecule has 3 nitrogen and oxygen atoms in total. The van der Waals surface area contributed by atoms with E-state index in [1.165, 1.54) is 23.1 Å². The fraction of sp³-hybridized carbons (Fsp3) is 0.440. The number of hydrogen-bond acceptors (Lipinski definition) is 3. The number of halogens is 2. The average Bonchev–Trinajstić information content (AvgIpc) is 2.70. The van der Waals surface area contributed by atoms with Gasteiger partial charge in [0.1, 0.15) is 5.75 Å². The number of benzene rings is 2. The first-order chi connectivity index (χ1) is 13.4. The van der Waals surface area contributed by atoms with Crippen molar-refractivity contribution in [2.24, 2.45) is 5.84 Å². The predicted octanol–water partition coefficient (Wildman–Crippen LogP) is 5.64. The van der Waals surface area contributed by atoms with E-state index >= 15 is 0 Å². The molecule has 2 N–H and O–H groups in total. The third-order valence-corrected chi connectivity index (χ3v) is 6.02. The summed E-state index contributed by atoms with van der Waals surface area (Å²) in [5, 5.41) is 2.05. The van der Waals surface area contributed by atoms with Crippen LogP contribution in [0, 0.1) is 11.8 Å². The van der Waals surface area contributed by atoms with E-state index in [1.807, 2.05) is 6.92 Å². The average molecular weight is 449 g/mol. The van der Waals surface area contributed by atoms with Crippen molar-refractivity contribution in [3.05, 3.63) is 65.2 Å². The molecule has 30 heavy (non-hydrogen) atoms. The van der Waals surface area contributed by atoms with Gasteiger partial charge in [0.2, 0.25) is 0 Å². The van der Waals surface area contributed by atoms with Gasteiger partial charge in [-0.2, -0.15) is 0 Å². The van der Waals surface area contributed by atoms with Crippen LogP contribution in [0.4, 0.5) is 0 Å². The van der Waals surface area contributed by atoms with Gasteiger partial charge in [-0.3, -0.25) is 5.84 Å². The molecule has 5 heteroatoms. The summed E-state index contributed by atoms with van der Waals surface area (Å²) in [4.78, 5) is 0. The number of ether oxygens (including phenoxy) is 1. The Morgan fingerprint density at radius 2 is 1.80 bits per heavy atom. The number of methoxy groups -OCH3 is 1. The van der Waals surface area contributed by atoms with E-state index in [0.717, 1.165) is 31.6 Å². The maximum atomic E-state index is 6.63. The first kappa shape index (κ1) is 26.3. The molecule has 1 unspecified atom stereocenters. The molecule has 3 rings (SSSR count). The van der Waals surface area contributed by atoms with Crippen LogP contribution < -0.4 is 10.6 Å². The molecule has 0 bridgehead atoms. The summed E-state index contributed by atoms with van der Waals surface area (Å²) in [7, 11) is 1.74. The van der Waals surface area contributed by atoms with Crippen LogP contribution in [0.5, 0.6) is 5.75 Å².